The van der Waals surface area contributed by atoms with Crippen LogP contribution in [0, 0.1) is 13.8 Å². The Morgan fingerprint density at radius 3 is 2.00 bits per heavy atom. The van der Waals surface area contributed by atoms with Crippen molar-refractivity contribution in [1.82, 2.24) is 9.13 Å². The summed E-state index contributed by atoms with van der Waals surface area (Å²) in [6, 6.07) is 0. The minimum absolute atomic E-state index is 0.212. The molecule has 1 aromatic rings. The Kier molecular flexibility index (Phi) is 1.92. The molecule has 0 saturated carbocycles. The van der Waals surface area contributed by atoms with Crippen LogP contribution in [0.5, 0.6) is 0 Å². The van der Waals surface area contributed by atoms with E-state index in [1.807, 2.05) is 0 Å². The van der Waals surface area contributed by atoms with Crippen molar-refractivity contribution in [3.8, 4) is 0 Å². The molecule has 0 N–H and O–H groups in total. The molecule has 12 heavy (non-hydrogen) atoms. The maximum Gasteiger partial charge on any atom is 0.330 e. The lowest BCUT2D eigenvalue weighted by atomic mass is 10.2. The van der Waals surface area contributed by atoms with Crippen molar-refractivity contribution in [2.24, 2.45) is 14.1 Å². The van der Waals surface area contributed by atoms with Gasteiger partial charge in [-0.3, -0.25) is 9.36 Å². The second-order valence-electron chi connectivity index (χ2n) is 2.92. The van der Waals surface area contributed by atoms with Crippen molar-refractivity contribution in [2.45, 2.75) is 13.8 Å². The summed E-state index contributed by atoms with van der Waals surface area (Å²) in [7, 11) is 3.14. The molecular formula is C8H12N2O2. The fourth-order valence-electron chi connectivity index (χ4n) is 1.11. The second-order valence-corrected chi connectivity index (χ2v) is 2.92. The lowest BCUT2D eigenvalue weighted by Gasteiger charge is -2.07. The Balaban J connectivity index is 3.86. The molecule has 4 heteroatoms. The molecule has 0 saturated heterocycles. The van der Waals surface area contributed by atoms with Gasteiger partial charge in [0.1, 0.15) is 0 Å². The predicted octanol–water partition coefficient (Wildman–Crippen LogP) is -0.299. The van der Waals surface area contributed by atoms with Crippen LogP contribution in [0.25, 0.3) is 0 Å². The Hall–Kier alpha value is -1.32. The van der Waals surface area contributed by atoms with E-state index in [1.54, 1.807) is 20.9 Å². The minimum atomic E-state index is -0.275. The summed E-state index contributed by atoms with van der Waals surface area (Å²) < 4.78 is 2.58. The molecule has 0 amide bonds. The van der Waals surface area contributed by atoms with Crippen molar-refractivity contribution in [2.75, 3.05) is 0 Å². The average Bonchev–Trinajstić information content (AvgIpc) is 2.08. The highest BCUT2D eigenvalue weighted by molar-refractivity contribution is 5.13. The molecule has 1 rings (SSSR count). The summed E-state index contributed by atoms with van der Waals surface area (Å²) in [6.45, 7) is 3.48. The first-order chi connectivity index (χ1) is 5.46. The van der Waals surface area contributed by atoms with Gasteiger partial charge in [-0.2, -0.15) is 0 Å². The zero-order chi connectivity index (χ0) is 9.46. The number of hydrogen-bond donors (Lipinski definition) is 0. The van der Waals surface area contributed by atoms with E-state index < -0.39 is 0 Å². The van der Waals surface area contributed by atoms with Crippen molar-refractivity contribution in [3.63, 3.8) is 0 Å². The number of nitrogens with zero attached hydrogens (tertiary/aromatic N) is 2. The van der Waals surface area contributed by atoms with Crippen LogP contribution in [0.3, 0.4) is 0 Å². The van der Waals surface area contributed by atoms with Gasteiger partial charge in [0.05, 0.1) is 0 Å². The van der Waals surface area contributed by atoms with E-state index in [4.69, 9.17) is 0 Å². The molecule has 0 aliphatic rings. The maximum atomic E-state index is 11.3. The molecule has 0 spiro atoms. The van der Waals surface area contributed by atoms with Crippen molar-refractivity contribution >= 4 is 0 Å². The summed E-state index contributed by atoms with van der Waals surface area (Å²) in [5, 5.41) is 0. The largest absolute Gasteiger partial charge is 0.330 e. The Bertz CT molecular complexity index is 389. The molecule has 4 nitrogen and oxygen atoms in total. The average molecular weight is 168 g/mol. The lowest BCUT2D eigenvalue weighted by molar-refractivity contribution is 0.658. The summed E-state index contributed by atoms with van der Waals surface area (Å²) in [4.78, 5) is 22.6. The van der Waals surface area contributed by atoms with Gasteiger partial charge < -0.3 is 4.57 Å². The highest BCUT2D eigenvalue weighted by Gasteiger charge is 2.06. The Morgan fingerprint density at radius 1 is 1.00 bits per heavy atom. The Labute approximate surface area is 70.1 Å². The molecule has 0 bridgehead atoms. The van der Waals surface area contributed by atoms with Crippen molar-refractivity contribution in [3.05, 3.63) is 32.1 Å². The van der Waals surface area contributed by atoms with Gasteiger partial charge in [0, 0.05) is 25.4 Å². The molecule has 0 aliphatic carbocycles. The van der Waals surface area contributed by atoms with Gasteiger partial charge in [-0.15, -0.1) is 0 Å². The first-order valence-corrected chi connectivity index (χ1v) is 3.70. The summed E-state index contributed by atoms with van der Waals surface area (Å²) >= 11 is 0. The van der Waals surface area contributed by atoms with E-state index in [9.17, 15) is 9.59 Å². The third kappa shape index (κ3) is 0.995. The predicted molar refractivity (Wildman–Crippen MR) is 46.4 cm³/mol. The molecule has 0 radical (unpaired) electrons. The topological polar surface area (TPSA) is 44.0 Å². The van der Waals surface area contributed by atoms with Crippen LogP contribution in [0.1, 0.15) is 11.3 Å². The van der Waals surface area contributed by atoms with Crippen LogP contribution < -0.4 is 11.2 Å². The highest BCUT2D eigenvalue weighted by atomic mass is 16.2. The number of rotatable bonds is 0. The van der Waals surface area contributed by atoms with Crippen molar-refractivity contribution < 1.29 is 0 Å². The first kappa shape index (κ1) is 8.77. The van der Waals surface area contributed by atoms with Gasteiger partial charge in [0.2, 0.25) is 0 Å². The summed E-state index contributed by atoms with van der Waals surface area (Å²) in [6.07, 6.45) is 0. The zero-order valence-electron chi connectivity index (χ0n) is 7.71. The quantitative estimate of drug-likeness (QED) is 0.534. The minimum Gasteiger partial charge on any atom is -0.301 e. The van der Waals surface area contributed by atoms with Crippen LogP contribution in [-0.4, -0.2) is 9.13 Å². The second kappa shape index (κ2) is 2.62. The third-order valence-corrected chi connectivity index (χ3v) is 2.25. The maximum absolute atomic E-state index is 11.3. The Morgan fingerprint density at radius 2 is 1.50 bits per heavy atom. The van der Waals surface area contributed by atoms with Gasteiger partial charge >= 0.3 is 5.69 Å². The van der Waals surface area contributed by atoms with Crippen LogP contribution >= 0.6 is 0 Å². The number of aromatic nitrogens is 2. The molecule has 0 aromatic carbocycles. The van der Waals surface area contributed by atoms with Crippen LogP contribution in [0.4, 0.5) is 0 Å². The molecule has 0 unspecified atom stereocenters. The molecule has 1 aromatic heterocycles. The monoisotopic (exact) mass is 168 g/mol. The fourth-order valence-corrected chi connectivity index (χ4v) is 1.11. The lowest BCUT2D eigenvalue weighted by Crippen LogP contribution is -2.39. The fraction of sp³-hybridized carbons (Fsp3) is 0.500. The number of hydrogen-bond acceptors (Lipinski definition) is 2. The zero-order valence-corrected chi connectivity index (χ0v) is 7.71. The highest BCUT2D eigenvalue weighted by Crippen LogP contribution is 1.93. The van der Waals surface area contributed by atoms with E-state index >= 15 is 0 Å². The van der Waals surface area contributed by atoms with Gasteiger partial charge in [-0.1, -0.05) is 0 Å². The molecule has 1 heterocycles. The molecular weight excluding hydrogens is 156 g/mol. The van der Waals surface area contributed by atoms with Gasteiger partial charge in [0.25, 0.3) is 5.56 Å². The standard InChI is InChI=1S/C8H12N2O2/c1-5-6(2)9(3)8(12)10(4)7(5)11/h1-4H3. The summed E-state index contributed by atoms with van der Waals surface area (Å²) in [5.41, 5.74) is 0.862. The van der Waals surface area contributed by atoms with Crippen LogP contribution in [0.15, 0.2) is 9.59 Å². The smallest absolute Gasteiger partial charge is 0.301 e. The van der Waals surface area contributed by atoms with E-state index in [0.717, 1.165) is 10.3 Å². The van der Waals surface area contributed by atoms with E-state index in [1.165, 1.54) is 11.6 Å². The van der Waals surface area contributed by atoms with Crippen LogP contribution in [0.2, 0.25) is 0 Å². The van der Waals surface area contributed by atoms with Crippen LogP contribution in [-0.2, 0) is 14.1 Å². The molecule has 0 atom stereocenters. The summed E-state index contributed by atoms with van der Waals surface area (Å²) in [5.74, 6) is 0. The van der Waals surface area contributed by atoms with Gasteiger partial charge in [0.15, 0.2) is 0 Å². The normalized spacial score (nSPS) is 10.3. The van der Waals surface area contributed by atoms with E-state index in [-0.39, 0.29) is 11.2 Å². The third-order valence-electron chi connectivity index (χ3n) is 2.25. The molecule has 66 valence electrons. The van der Waals surface area contributed by atoms with Crippen molar-refractivity contribution in [1.29, 1.82) is 0 Å². The molecule has 0 fully saturated rings. The molecule has 0 aliphatic heterocycles. The first-order valence-electron chi connectivity index (χ1n) is 3.70. The van der Waals surface area contributed by atoms with E-state index in [2.05, 4.69) is 0 Å². The van der Waals surface area contributed by atoms with E-state index in [0.29, 0.717) is 5.56 Å². The van der Waals surface area contributed by atoms with Gasteiger partial charge in [-0.25, -0.2) is 4.79 Å². The SMILES string of the molecule is Cc1c(C)n(C)c(=O)n(C)c1=O. The van der Waals surface area contributed by atoms with Gasteiger partial charge in [-0.05, 0) is 13.8 Å².